The second-order valence-corrected chi connectivity index (χ2v) is 10.7. The number of halogens is 4. The fourth-order valence-electron chi connectivity index (χ4n) is 4.40. The lowest BCUT2D eigenvalue weighted by Gasteiger charge is -2.12. The minimum absolute atomic E-state index is 0.155. The van der Waals surface area contributed by atoms with Crippen molar-refractivity contribution in [2.45, 2.75) is 0 Å². The molecule has 0 aliphatic carbocycles. The summed E-state index contributed by atoms with van der Waals surface area (Å²) in [6.45, 7) is 0. The van der Waals surface area contributed by atoms with Crippen molar-refractivity contribution >= 4 is 75.4 Å². The number of hydrogen-bond acceptors (Lipinski definition) is 6. The summed E-state index contributed by atoms with van der Waals surface area (Å²) in [5, 5.41) is 6.28. The molecular formula is C31H21Cl4N3O5. The molecule has 43 heavy (non-hydrogen) atoms. The van der Waals surface area contributed by atoms with Gasteiger partial charge in [0.15, 0.2) is 11.5 Å². The first kappa shape index (κ1) is 30.3. The standard InChI is InChI=1S/C31H21Cl4N3O5/c1-41-24-10-8-17(32)12-20(24)31(40)43-25-9-7-16(11-26(25)42-2)15-36-38-30(39)29-27(19-5-3-4-6-22(19)34)21-13-18(33)14-23(35)28(21)37-29/h3-15,37H,1-2H3,(H,38,39). The number of esters is 1. The van der Waals surface area contributed by atoms with E-state index in [9.17, 15) is 9.59 Å². The summed E-state index contributed by atoms with van der Waals surface area (Å²) in [5.74, 6) is -0.490. The third-order valence-corrected chi connectivity index (χ3v) is 7.43. The maximum Gasteiger partial charge on any atom is 0.347 e. The Kier molecular flexibility index (Phi) is 9.13. The van der Waals surface area contributed by atoms with Gasteiger partial charge < -0.3 is 19.2 Å². The smallest absolute Gasteiger partial charge is 0.347 e. The fraction of sp³-hybridized carbons (Fsp3) is 0.0645. The molecule has 2 N–H and O–H groups in total. The van der Waals surface area contributed by atoms with Crippen molar-refractivity contribution in [1.82, 2.24) is 10.4 Å². The highest BCUT2D eigenvalue weighted by molar-refractivity contribution is 6.40. The Labute approximate surface area is 266 Å². The number of aromatic nitrogens is 1. The van der Waals surface area contributed by atoms with Crippen molar-refractivity contribution in [3.63, 3.8) is 0 Å². The molecule has 5 rings (SSSR count). The van der Waals surface area contributed by atoms with Crippen molar-refractivity contribution < 1.29 is 23.8 Å². The predicted molar refractivity (Wildman–Crippen MR) is 170 cm³/mol. The van der Waals surface area contributed by atoms with E-state index in [1.807, 2.05) is 6.07 Å². The van der Waals surface area contributed by atoms with E-state index in [0.717, 1.165) is 0 Å². The molecule has 0 radical (unpaired) electrons. The number of methoxy groups -OCH3 is 2. The van der Waals surface area contributed by atoms with Gasteiger partial charge in [0.1, 0.15) is 17.0 Å². The van der Waals surface area contributed by atoms with E-state index in [1.165, 1.54) is 32.6 Å². The number of ether oxygens (including phenoxy) is 3. The third-order valence-electron chi connectivity index (χ3n) is 6.35. The Morgan fingerprint density at radius 2 is 1.56 bits per heavy atom. The lowest BCUT2D eigenvalue weighted by molar-refractivity contribution is 0.0726. The summed E-state index contributed by atoms with van der Waals surface area (Å²) in [4.78, 5) is 29.2. The Morgan fingerprint density at radius 3 is 2.30 bits per heavy atom. The molecule has 0 unspecified atom stereocenters. The van der Waals surface area contributed by atoms with Crippen LogP contribution < -0.4 is 19.6 Å². The lowest BCUT2D eigenvalue weighted by atomic mass is 10.0. The van der Waals surface area contributed by atoms with Crippen LogP contribution in [0.4, 0.5) is 0 Å². The molecule has 5 aromatic rings. The van der Waals surface area contributed by atoms with Crippen molar-refractivity contribution in [3.05, 3.63) is 110 Å². The second kappa shape index (κ2) is 13.0. The molecule has 1 amide bonds. The molecule has 0 spiro atoms. The quantitative estimate of drug-likeness (QED) is 0.0755. The van der Waals surface area contributed by atoms with E-state index in [0.29, 0.717) is 53.4 Å². The minimum Gasteiger partial charge on any atom is -0.496 e. The van der Waals surface area contributed by atoms with Gasteiger partial charge in [0, 0.05) is 31.6 Å². The first-order valence-corrected chi connectivity index (χ1v) is 14.0. The van der Waals surface area contributed by atoms with Crippen LogP contribution >= 0.6 is 46.4 Å². The van der Waals surface area contributed by atoms with E-state index in [4.69, 9.17) is 60.6 Å². The number of carbonyl (C=O) groups excluding carboxylic acids is 2. The van der Waals surface area contributed by atoms with Gasteiger partial charge in [-0.1, -0.05) is 64.6 Å². The number of fused-ring (bicyclic) bond motifs is 1. The molecule has 4 aromatic carbocycles. The molecule has 12 heteroatoms. The predicted octanol–water partition coefficient (Wildman–Crippen LogP) is 8.45. The number of hydrogen-bond donors (Lipinski definition) is 2. The lowest BCUT2D eigenvalue weighted by Crippen LogP contribution is -2.19. The van der Waals surface area contributed by atoms with E-state index >= 15 is 0 Å². The SMILES string of the molecule is COc1cc(C=NNC(=O)c2[nH]c3c(Cl)cc(Cl)cc3c2-c2ccccc2Cl)ccc1OC(=O)c1cc(Cl)ccc1OC. The summed E-state index contributed by atoms with van der Waals surface area (Å²) >= 11 is 25.2. The van der Waals surface area contributed by atoms with E-state index in [1.54, 1.807) is 54.6 Å². The molecule has 218 valence electrons. The average molecular weight is 657 g/mol. The average Bonchev–Trinajstić information content (AvgIpc) is 3.37. The van der Waals surface area contributed by atoms with Gasteiger partial charge in [-0.3, -0.25) is 4.79 Å². The van der Waals surface area contributed by atoms with Crippen LogP contribution in [-0.4, -0.2) is 37.3 Å². The monoisotopic (exact) mass is 655 g/mol. The number of aromatic amines is 1. The van der Waals surface area contributed by atoms with Gasteiger partial charge in [0.25, 0.3) is 5.91 Å². The topological polar surface area (TPSA) is 102 Å². The van der Waals surface area contributed by atoms with E-state index < -0.39 is 11.9 Å². The van der Waals surface area contributed by atoms with Crippen LogP contribution in [0.1, 0.15) is 26.4 Å². The molecule has 8 nitrogen and oxygen atoms in total. The van der Waals surface area contributed by atoms with Gasteiger partial charge in [0.05, 0.1) is 31.0 Å². The molecule has 0 aliphatic rings. The van der Waals surface area contributed by atoms with Crippen LogP contribution in [0.25, 0.3) is 22.0 Å². The molecule has 0 aliphatic heterocycles. The largest absolute Gasteiger partial charge is 0.496 e. The van der Waals surface area contributed by atoms with Gasteiger partial charge in [-0.25, -0.2) is 10.2 Å². The molecule has 0 saturated carbocycles. The van der Waals surface area contributed by atoms with E-state index in [-0.39, 0.29) is 22.8 Å². The van der Waals surface area contributed by atoms with Gasteiger partial charge in [-0.2, -0.15) is 5.10 Å². The summed E-state index contributed by atoms with van der Waals surface area (Å²) in [5.41, 5.74) is 5.10. The molecule has 0 fully saturated rings. The summed E-state index contributed by atoms with van der Waals surface area (Å²) in [6, 6.07) is 19.8. The zero-order valence-electron chi connectivity index (χ0n) is 22.5. The highest BCUT2D eigenvalue weighted by Gasteiger charge is 2.23. The first-order chi connectivity index (χ1) is 20.7. The van der Waals surface area contributed by atoms with Crippen molar-refractivity contribution in [1.29, 1.82) is 0 Å². The van der Waals surface area contributed by atoms with Crippen LogP contribution in [-0.2, 0) is 0 Å². The summed E-state index contributed by atoms with van der Waals surface area (Å²) < 4.78 is 16.2. The zero-order valence-corrected chi connectivity index (χ0v) is 25.5. The number of hydrazone groups is 1. The van der Waals surface area contributed by atoms with Gasteiger partial charge in [-0.05, 0) is 60.2 Å². The van der Waals surface area contributed by atoms with Gasteiger partial charge in [-0.15, -0.1) is 0 Å². The highest BCUT2D eigenvalue weighted by Crippen LogP contribution is 2.40. The normalized spacial score (nSPS) is 11.1. The van der Waals surface area contributed by atoms with Gasteiger partial charge in [0.2, 0.25) is 0 Å². The van der Waals surface area contributed by atoms with Crippen molar-refractivity contribution in [3.8, 4) is 28.4 Å². The number of benzene rings is 4. The van der Waals surface area contributed by atoms with Crippen LogP contribution in [0.2, 0.25) is 20.1 Å². The summed E-state index contributed by atoms with van der Waals surface area (Å²) in [7, 11) is 2.87. The first-order valence-electron chi connectivity index (χ1n) is 12.5. The Bertz CT molecular complexity index is 1900. The van der Waals surface area contributed by atoms with Crippen LogP contribution in [0, 0.1) is 0 Å². The minimum atomic E-state index is -0.680. The third kappa shape index (κ3) is 6.43. The number of nitrogens with one attached hydrogen (secondary N) is 2. The van der Waals surface area contributed by atoms with Crippen LogP contribution in [0.5, 0.6) is 17.2 Å². The molecule has 0 bridgehead atoms. The van der Waals surface area contributed by atoms with Crippen LogP contribution in [0.3, 0.4) is 0 Å². The zero-order chi connectivity index (χ0) is 30.7. The molecule has 1 aromatic heterocycles. The van der Waals surface area contributed by atoms with Crippen molar-refractivity contribution in [2.24, 2.45) is 5.10 Å². The summed E-state index contributed by atoms with van der Waals surface area (Å²) in [6.07, 6.45) is 1.41. The maximum absolute atomic E-state index is 13.3. The Morgan fingerprint density at radius 1 is 0.814 bits per heavy atom. The maximum atomic E-state index is 13.3. The van der Waals surface area contributed by atoms with Crippen molar-refractivity contribution in [2.75, 3.05) is 14.2 Å². The number of rotatable bonds is 8. The second-order valence-electron chi connectivity index (χ2n) is 9.01. The Balaban J connectivity index is 1.39. The van der Waals surface area contributed by atoms with E-state index in [2.05, 4.69) is 15.5 Å². The Hall–Kier alpha value is -4.21. The molecular weight excluding hydrogens is 636 g/mol. The number of carbonyl (C=O) groups is 2. The molecule has 1 heterocycles. The van der Waals surface area contributed by atoms with Crippen LogP contribution in [0.15, 0.2) is 77.9 Å². The number of amides is 1. The number of nitrogens with zero attached hydrogens (tertiary/aromatic N) is 1. The molecule has 0 atom stereocenters. The highest BCUT2D eigenvalue weighted by atomic mass is 35.5. The molecule has 0 saturated heterocycles. The number of H-pyrrole nitrogens is 1. The fourth-order valence-corrected chi connectivity index (χ4v) is 5.34. The van der Waals surface area contributed by atoms with Gasteiger partial charge >= 0.3 is 5.97 Å².